The third-order valence-corrected chi connectivity index (χ3v) is 12.0. The van der Waals surface area contributed by atoms with Crippen LogP contribution in [0.15, 0.2) is 17.5 Å². The van der Waals surface area contributed by atoms with Gasteiger partial charge in [0.15, 0.2) is 5.82 Å². The highest BCUT2D eigenvalue weighted by Gasteiger charge is 2.39. The molecule has 3 heterocycles. The van der Waals surface area contributed by atoms with Crippen molar-refractivity contribution in [2.45, 2.75) is 75.1 Å². The first-order valence-corrected chi connectivity index (χ1v) is 19.1. The van der Waals surface area contributed by atoms with Gasteiger partial charge in [0.25, 0.3) is 0 Å². The Labute approximate surface area is 289 Å². The van der Waals surface area contributed by atoms with E-state index >= 15 is 0 Å². The Kier molecular flexibility index (Phi) is 14.9. The fraction of sp³-hybridized carbons (Fsp3) is 0.655. The minimum atomic E-state index is -4.92. The molecular formula is C29H41F3N6O5S4. The fourth-order valence-corrected chi connectivity index (χ4v) is 8.18. The lowest BCUT2D eigenvalue weighted by atomic mass is 10.2. The maximum atomic E-state index is 12.5. The molecule has 2 aromatic heterocycles. The number of aliphatic imine (C=N–C) groups is 1. The van der Waals surface area contributed by atoms with Crippen LogP contribution in [0, 0.1) is 11.8 Å². The normalized spacial score (nSPS) is 18.9. The molecule has 0 aromatic carbocycles. The van der Waals surface area contributed by atoms with Crippen molar-refractivity contribution < 1.29 is 37.3 Å². The lowest BCUT2D eigenvalue weighted by Crippen LogP contribution is -2.42. The third kappa shape index (κ3) is 12.8. The summed E-state index contributed by atoms with van der Waals surface area (Å²) in [5.74, 6) is 5.28. The molecule has 262 valence electrons. The molecule has 18 heteroatoms. The van der Waals surface area contributed by atoms with Crippen molar-refractivity contribution in [3.8, 4) is 11.8 Å². The van der Waals surface area contributed by atoms with E-state index < -0.39 is 29.2 Å². The number of aliphatic hydroxyl groups excluding tert-OH is 1. The number of carbonyl (C=O) groups is 1. The van der Waals surface area contributed by atoms with E-state index in [-0.39, 0.29) is 36.5 Å². The largest absolute Gasteiger partial charge is 0.471 e. The summed E-state index contributed by atoms with van der Waals surface area (Å²) in [6.45, 7) is 9.60. The number of rotatable bonds is 15. The first-order chi connectivity index (χ1) is 22.0. The van der Waals surface area contributed by atoms with Crippen LogP contribution in [0.2, 0.25) is 0 Å². The van der Waals surface area contributed by atoms with Crippen LogP contribution < -0.4 is 5.32 Å². The van der Waals surface area contributed by atoms with Gasteiger partial charge < -0.3 is 34.1 Å². The number of alkyl halides is 3. The smallest absolute Gasteiger partial charge is 0.394 e. The van der Waals surface area contributed by atoms with E-state index in [4.69, 9.17) is 14.2 Å². The number of amides is 1. The topological polar surface area (TPSA) is 123 Å². The number of nitrogens with one attached hydrogen (secondary N) is 1. The van der Waals surface area contributed by atoms with Crippen molar-refractivity contribution in [1.29, 1.82) is 0 Å². The van der Waals surface area contributed by atoms with E-state index in [9.17, 15) is 23.1 Å². The Morgan fingerprint density at radius 1 is 1.21 bits per heavy atom. The first-order valence-electron chi connectivity index (χ1n) is 14.5. The molecule has 2 aromatic rings. The van der Waals surface area contributed by atoms with Gasteiger partial charge in [0, 0.05) is 42.8 Å². The molecule has 1 unspecified atom stereocenters. The van der Waals surface area contributed by atoms with Crippen LogP contribution in [-0.4, -0.2) is 110 Å². The summed E-state index contributed by atoms with van der Waals surface area (Å²) < 4.78 is 56.6. The number of ether oxygens (including phenoxy) is 3. The molecule has 1 fully saturated rings. The summed E-state index contributed by atoms with van der Waals surface area (Å²) in [6, 6.07) is 0. The van der Waals surface area contributed by atoms with Crippen molar-refractivity contribution in [2.75, 3.05) is 45.7 Å². The molecule has 0 saturated carbocycles. The summed E-state index contributed by atoms with van der Waals surface area (Å²) in [5.41, 5.74) is 1.19. The zero-order chi connectivity index (χ0) is 34.8. The molecule has 0 aliphatic carbocycles. The summed E-state index contributed by atoms with van der Waals surface area (Å²) in [4.78, 5) is 26.3. The summed E-state index contributed by atoms with van der Waals surface area (Å²) in [6.07, 6.45) is -0.811. The van der Waals surface area contributed by atoms with Gasteiger partial charge in [-0.3, -0.25) is 4.79 Å². The summed E-state index contributed by atoms with van der Waals surface area (Å²) >= 11 is 0. The van der Waals surface area contributed by atoms with E-state index in [1.807, 2.05) is 30.2 Å². The van der Waals surface area contributed by atoms with Gasteiger partial charge in [0.1, 0.15) is 42.8 Å². The van der Waals surface area contributed by atoms with Gasteiger partial charge in [-0.1, -0.05) is 75.8 Å². The number of fused-ring (bicyclic) bond motifs is 1. The predicted octanol–water partition coefficient (Wildman–Crippen LogP) is 5.62. The lowest BCUT2D eigenvalue weighted by Gasteiger charge is -2.23. The van der Waals surface area contributed by atoms with Gasteiger partial charge in [-0.2, -0.15) is 13.2 Å². The highest BCUT2D eigenvalue weighted by Crippen LogP contribution is 2.39. The molecular weight excluding hydrogens is 698 g/mol. The van der Waals surface area contributed by atoms with Crippen LogP contribution in [0.1, 0.15) is 52.8 Å². The zero-order valence-corrected chi connectivity index (χ0v) is 30.6. The van der Waals surface area contributed by atoms with Crippen LogP contribution in [0.25, 0.3) is 11.0 Å². The van der Waals surface area contributed by atoms with Crippen LogP contribution in [-0.2, 0) is 19.0 Å². The van der Waals surface area contributed by atoms with E-state index in [2.05, 4.69) is 47.6 Å². The Bertz CT molecular complexity index is 1430. The van der Waals surface area contributed by atoms with Gasteiger partial charge in [0.05, 0.1) is 30.0 Å². The van der Waals surface area contributed by atoms with Crippen molar-refractivity contribution in [1.82, 2.24) is 24.8 Å². The Hall–Kier alpha value is -1.85. The molecule has 3 rings (SSSR count). The standard InChI is InChI=1S/C29H41F3N6O5S4/c1-27(2,3)46-45-18-42-20-11-22(43-21(20)13-39)38-12-19(23-24(36-16-37(6)7)34-15-35-25(23)38)9-8-10-41-17-44-47-28(4,5)14-33-26(40)29(30,31)32/h12,15-16,20-22,39H,10-11,13-14,17-18H2,1-7H3,(H,33,40)/b36-16+/t20?,21-,22-/m1/s1. The second-order valence-corrected chi connectivity index (χ2v) is 18.2. The van der Waals surface area contributed by atoms with E-state index in [1.54, 1.807) is 46.7 Å². The van der Waals surface area contributed by atoms with Gasteiger partial charge in [0.2, 0.25) is 0 Å². The van der Waals surface area contributed by atoms with Gasteiger partial charge in [-0.05, 0) is 13.8 Å². The Morgan fingerprint density at radius 2 is 1.94 bits per heavy atom. The predicted molar refractivity (Wildman–Crippen MR) is 186 cm³/mol. The molecule has 2 N–H and O–H groups in total. The minimum Gasteiger partial charge on any atom is -0.394 e. The number of nitrogens with zero attached hydrogens (tertiary/aromatic N) is 5. The molecule has 0 radical (unpaired) electrons. The van der Waals surface area contributed by atoms with E-state index in [0.717, 1.165) is 0 Å². The van der Waals surface area contributed by atoms with Crippen LogP contribution >= 0.6 is 43.2 Å². The van der Waals surface area contributed by atoms with Crippen molar-refractivity contribution >= 4 is 72.3 Å². The fourth-order valence-electron chi connectivity index (χ4n) is 4.04. The average Bonchev–Trinajstić information content (AvgIpc) is 3.57. The van der Waals surface area contributed by atoms with Crippen LogP contribution in [0.3, 0.4) is 0 Å². The molecule has 1 saturated heterocycles. The number of carbonyl (C=O) groups excluding carboxylic acids is 1. The molecule has 3 atom stereocenters. The van der Waals surface area contributed by atoms with Crippen molar-refractivity contribution in [3.05, 3.63) is 18.1 Å². The average molecular weight is 739 g/mol. The second-order valence-electron chi connectivity index (χ2n) is 12.1. The van der Waals surface area contributed by atoms with Gasteiger partial charge in [-0.15, -0.1) is 0 Å². The van der Waals surface area contributed by atoms with E-state index in [1.165, 1.54) is 27.9 Å². The SMILES string of the molecule is CN(C)/C=N/c1ncnc2c1c(C#CCOCSSC(C)(C)CNC(=O)C(F)(F)F)cn2[C@H]1CC(OCSSC(C)(C)C)[C@@H](CO)O1. The zero-order valence-electron chi connectivity index (χ0n) is 27.3. The number of halogens is 3. The van der Waals surface area contributed by atoms with Gasteiger partial charge in [-0.25, -0.2) is 15.0 Å². The number of hydrogen-bond acceptors (Lipinski definition) is 12. The van der Waals surface area contributed by atoms with Crippen LogP contribution in [0.4, 0.5) is 19.0 Å². The Balaban J connectivity index is 1.69. The molecule has 0 bridgehead atoms. The highest BCUT2D eigenvalue weighted by atomic mass is 33.1. The second kappa shape index (κ2) is 17.7. The quantitative estimate of drug-likeness (QED) is 0.0589. The molecule has 1 aliphatic heterocycles. The maximum Gasteiger partial charge on any atom is 0.471 e. The molecule has 1 amide bonds. The van der Waals surface area contributed by atoms with Crippen molar-refractivity contribution in [2.24, 2.45) is 4.99 Å². The molecule has 0 spiro atoms. The van der Waals surface area contributed by atoms with E-state index in [0.29, 0.717) is 34.8 Å². The van der Waals surface area contributed by atoms with Gasteiger partial charge >= 0.3 is 12.1 Å². The Morgan fingerprint density at radius 3 is 2.60 bits per heavy atom. The van der Waals surface area contributed by atoms with Crippen molar-refractivity contribution in [3.63, 3.8) is 0 Å². The third-order valence-electron chi connectivity index (χ3n) is 6.06. The highest BCUT2D eigenvalue weighted by molar-refractivity contribution is 8.77. The number of aromatic nitrogens is 3. The minimum absolute atomic E-state index is 0.0855. The van der Waals surface area contributed by atoms with Crippen LogP contribution in [0.5, 0.6) is 0 Å². The lowest BCUT2D eigenvalue weighted by molar-refractivity contribution is -0.173. The number of hydrogen-bond donors (Lipinski definition) is 2. The molecule has 47 heavy (non-hydrogen) atoms. The summed E-state index contributed by atoms with van der Waals surface area (Å²) in [7, 11) is 9.65. The molecule has 11 nitrogen and oxygen atoms in total. The first kappa shape index (κ1) is 39.6. The maximum absolute atomic E-state index is 12.5. The summed E-state index contributed by atoms with van der Waals surface area (Å²) in [5, 5.41) is 12.6. The number of aliphatic hydroxyl groups is 1. The monoisotopic (exact) mass is 738 g/mol. The molecule has 1 aliphatic rings.